The number of nitrogens with two attached hydrogens (primary N) is 1. The Morgan fingerprint density at radius 1 is 0.881 bits per heavy atom. The van der Waals surface area contributed by atoms with Crippen LogP contribution in [0.2, 0.25) is 0 Å². The number of rotatable bonds is 7. The summed E-state index contributed by atoms with van der Waals surface area (Å²) in [5.74, 6) is -6.42. The van der Waals surface area contributed by atoms with Crippen LogP contribution in [0, 0.1) is 17.6 Å². The second-order valence-electron chi connectivity index (χ2n) is 9.97. The number of carbonyl (C=O) groups is 3. The second kappa shape index (κ2) is 12.0. The molecule has 0 fully saturated rings. The number of ketones is 1. The van der Waals surface area contributed by atoms with Gasteiger partial charge >= 0.3 is 11.9 Å². The van der Waals surface area contributed by atoms with Gasteiger partial charge in [-0.1, -0.05) is 54.6 Å². The van der Waals surface area contributed by atoms with Gasteiger partial charge in [0.25, 0.3) is 0 Å². The number of nitrogens with zero attached hydrogens (tertiary/aromatic N) is 1. The molecule has 0 unspecified atom stereocenters. The van der Waals surface area contributed by atoms with E-state index in [0.29, 0.717) is 16.8 Å². The number of esters is 2. The largest absolute Gasteiger partial charge is 0.465 e. The lowest BCUT2D eigenvalue weighted by Gasteiger charge is -2.44. The average molecular weight is 573 g/mol. The smallest absolute Gasteiger partial charge is 0.338 e. The topological polar surface area (TPSA) is 98.9 Å². The quantitative estimate of drug-likeness (QED) is 0.295. The summed E-state index contributed by atoms with van der Waals surface area (Å²) in [5, 5.41) is 0. The molecule has 0 saturated carbocycles. The zero-order valence-corrected chi connectivity index (χ0v) is 23.2. The summed E-state index contributed by atoms with van der Waals surface area (Å²) >= 11 is 0. The number of halogens is 2. The van der Waals surface area contributed by atoms with E-state index in [2.05, 4.69) is 0 Å². The van der Waals surface area contributed by atoms with E-state index in [1.54, 1.807) is 32.0 Å². The van der Waals surface area contributed by atoms with Crippen LogP contribution >= 0.6 is 0 Å². The number of hydrogen-bond acceptors (Lipinski definition) is 7. The Bertz CT molecular complexity index is 1580. The molecule has 2 N–H and O–H groups in total. The van der Waals surface area contributed by atoms with Gasteiger partial charge in [0.2, 0.25) is 0 Å². The summed E-state index contributed by atoms with van der Waals surface area (Å²) in [7, 11) is 0. The fraction of sp³-hybridized carbons (Fsp3) is 0.242. The van der Waals surface area contributed by atoms with Gasteiger partial charge in [-0.05, 0) is 55.7 Å². The Hall–Kier alpha value is -4.79. The molecule has 1 heterocycles. The van der Waals surface area contributed by atoms with E-state index in [1.165, 1.54) is 47.4 Å². The molecule has 9 heteroatoms. The fourth-order valence-corrected chi connectivity index (χ4v) is 5.85. The molecular weight excluding hydrogens is 542 g/mol. The molecule has 3 atom stereocenters. The summed E-state index contributed by atoms with van der Waals surface area (Å²) < 4.78 is 40.2. The summed E-state index contributed by atoms with van der Waals surface area (Å²) in [6.45, 7) is 3.33. The molecule has 5 rings (SSSR count). The summed E-state index contributed by atoms with van der Waals surface area (Å²) in [5.41, 5.74) is 8.14. The van der Waals surface area contributed by atoms with Crippen molar-refractivity contribution < 1.29 is 32.6 Å². The molecule has 3 aromatic rings. The lowest BCUT2D eigenvalue weighted by Crippen LogP contribution is -2.46. The highest BCUT2D eigenvalue weighted by Gasteiger charge is 2.51. The average Bonchev–Trinajstić information content (AvgIpc) is 2.98. The maximum atomic E-state index is 15.4. The molecule has 7 nitrogen and oxygen atoms in total. The highest BCUT2D eigenvalue weighted by atomic mass is 19.1. The van der Waals surface area contributed by atoms with Gasteiger partial charge in [-0.3, -0.25) is 14.5 Å². The highest BCUT2D eigenvalue weighted by Crippen LogP contribution is 2.51. The fourth-order valence-electron chi connectivity index (χ4n) is 5.85. The van der Waals surface area contributed by atoms with Gasteiger partial charge in [0.15, 0.2) is 5.78 Å². The number of Topliss-reactive ketones (excluding diaryl/α,β-unsaturated/α-hetero) is 1. The van der Waals surface area contributed by atoms with Crippen molar-refractivity contribution in [1.82, 2.24) is 0 Å². The van der Waals surface area contributed by atoms with E-state index < -0.39 is 47.1 Å². The second-order valence-corrected chi connectivity index (χ2v) is 9.97. The summed E-state index contributed by atoms with van der Waals surface area (Å²) in [4.78, 5) is 43.0. The molecule has 0 saturated heterocycles. The monoisotopic (exact) mass is 572 g/mol. The number of carbonyl (C=O) groups excluding carboxylic acids is 3. The van der Waals surface area contributed by atoms with E-state index in [0.717, 1.165) is 0 Å². The number of ether oxygens (including phenoxy) is 2. The van der Waals surface area contributed by atoms with Crippen LogP contribution in [0.15, 0.2) is 102 Å². The third-order valence-corrected chi connectivity index (χ3v) is 7.60. The molecule has 0 radical (unpaired) electrons. The Morgan fingerprint density at radius 2 is 1.52 bits per heavy atom. The van der Waals surface area contributed by atoms with E-state index in [4.69, 9.17) is 15.2 Å². The van der Waals surface area contributed by atoms with Crippen molar-refractivity contribution in [3.8, 4) is 0 Å². The van der Waals surface area contributed by atoms with Crippen molar-refractivity contribution in [2.24, 2.45) is 11.7 Å². The zero-order valence-electron chi connectivity index (χ0n) is 23.2. The van der Waals surface area contributed by atoms with Gasteiger partial charge in [-0.2, -0.15) is 0 Å². The SMILES string of the molecule is CCOC(=O)C1=C(N)N(c2ccccc2F)C2=C(C(=O)[C@@H](C(=O)OCC)[C@@H](c3ccccc3)C2)[C@@H]1c1ccc(F)cc1. The van der Waals surface area contributed by atoms with E-state index in [-0.39, 0.29) is 42.3 Å². The van der Waals surface area contributed by atoms with Crippen molar-refractivity contribution >= 4 is 23.4 Å². The highest BCUT2D eigenvalue weighted by molar-refractivity contribution is 6.14. The lowest BCUT2D eigenvalue weighted by molar-refractivity contribution is -0.152. The van der Waals surface area contributed by atoms with Crippen molar-refractivity contribution in [3.63, 3.8) is 0 Å². The molecule has 2 aliphatic rings. The van der Waals surface area contributed by atoms with Gasteiger partial charge in [0.1, 0.15) is 23.4 Å². The first-order valence-corrected chi connectivity index (χ1v) is 13.7. The van der Waals surface area contributed by atoms with Crippen LogP contribution in [0.25, 0.3) is 0 Å². The van der Waals surface area contributed by atoms with Gasteiger partial charge < -0.3 is 15.2 Å². The minimum absolute atomic E-state index is 0.00678. The molecule has 3 aromatic carbocycles. The molecule has 0 aromatic heterocycles. The van der Waals surface area contributed by atoms with Crippen LogP contribution in [0.5, 0.6) is 0 Å². The van der Waals surface area contributed by atoms with Crippen molar-refractivity contribution in [2.45, 2.75) is 32.1 Å². The van der Waals surface area contributed by atoms with E-state index in [1.807, 2.05) is 18.2 Å². The minimum Gasteiger partial charge on any atom is -0.465 e. The molecule has 0 amide bonds. The Balaban J connectivity index is 1.83. The van der Waals surface area contributed by atoms with Crippen LogP contribution < -0.4 is 10.6 Å². The lowest BCUT2D eigenvalue weighted by atomic mass is 9.67. The third-order valence-electron chi connectivity index (χ3n) is 7.60. The van der Waals surface area contributed by atoms with Crippen LogP contribution in [-0.2, 0) is 23.9 Å². The number of allylic oxidation sites excluding steroid dienone is 2. The molecule has 0 spiro atoms. The van der Waals surface area contributed by atoms with Crippen molar-refractivity contribution in [2.75, 3.05) is 18.1 Å². The summed E-state index contributed by atoms with van der Waals surface area (Å²) in [6.07, 6.45) is 0.0946. The number of benzene rings is 3. The van der Waals surface area contributed by atoms with Crippen molar-refractivity contribution in [1.29, 1.82) is 0 Å². The molecule has 216 valence electrons. The van der Waals surface area contributed by atoms with Gasteiger partial charge in [-0.25, -0.2) is 13.6 Å². The predicted octanol–water partition coefficient (Wildman–Crippen LogP) is 5.49. The summed E-state index contributed by atoms with van der Waals surface area (Å²) in [6, 6.07) is 20.2. The maximum absolute atomic E-state index is 15.4. The minimum atomic E-state index is -1.25. The van der Waals surface area contributed by atoms with Gasteiger partial charge in [0.05, 0.1) is 30.4 Å². The van der Waals surface area contributed by atoms with Crippen LogP contribution in [0.4, 0.5) is 14.5 Å². The molecule has 0 bridgehead atoms. The molecule has 1 aliphatic heterocycles. The van der Waals surface area contributed by atoms with Crippen LogP contribution in [0.1, 0.15) is 43.2 Å². The Labute approximate surface area is 242 Å². The number of para-hydroxylation sites is 1. The van der Waals surface area contributed by atoms with E-state index in [9.17, 15) is 18.8 Å². The normalized spacial score (nSPS) is 20.3. The molecule has 42 heavy (non-hydrogen) atoms. The Morgan fingerprint density at radius 3 is 2.17 bits per heavy atom. The first-order chi connectivity index (χ1) is 20.3. The third kappa shape index (κ3) is 5.06. The maximum Gasteiger partial charge on any atom is 0.338 e. The van der Waals surface area contributed by atoms with Crippen molar-refractivity contribution in [3.05, 3.63) is 124 Å². The van der Waals surface area contributed by atoms with Gasteiger partial charge in [-0.15, -0.1) is 0 Å². The van der Waals surface area contributed by atoms with Gasteiger partial charge in [0, 0.05) is 17.2 Å². The molecular formula is C33H30F2N2O5. The number of anilines is 1. The molecule has 1 aliphatic carbocycles. The van der Waals surface area contributed by atoms with Crippen LogP contribution in [0.3, 0.4) is 0 Å². The van der Waals surface area contributed by atoms with Crippen LogP contribution in [-0.4, -0.2) is 30.9 Å². The van der Waals surface area contributed by atoms with E-state index >= 15 is 4.39 Å². The standard InChI is InChI=1S/C33H30F2N2O5/c1-3-41-32(39)27-22(19-10-6-5-7-11-19)18-25-28(30(27)38)26(20-14-16-21(34)17-15-20)29(33(40)42-4-2)31(36)37(25)24-13-9-8-12-23(24)35/h5-17,22,26-27H,3-4,18,36H2,1-2H3/t22-,26+,27+/m1/s1. The first kappa shape index (κ1) is 28.7. The zero-order chi connectivity index (χ0) is 30.0. The first-order valence-electron chi connectivity index (χ1n) is 13.7. The Kier molecular flexibility index (Phi) is 8.20. The predicted molar refractivity (Wildman–Crippen MR) is 152 cm³/mol. The number of hydrogen-bond donors (Lipinski definition) is 1.